The number of nitrogens with one attached hydrogen (secondary N) is 1. The van der Waals surface area contributed by atoms with Crippen molar-refractivity contribution in [1.82, 2.24) is 5.32 Å². The van der Waals surface area contributed by atoms with E-state index in [-0.39, 0.29) is 11.4 Å². The number of rotatable bonds is 3. The highest BCUT2D eigenvalue weighted by Crippen LogP contribution is 2.43. The second-order valence-corrected chi connectivity index (χ2v) is 10.3. The van der Waals surface area contributed by atoms with Crippen LogP contribution in [0, 0.1) is 13.8 Å². The van der Waals surface area contributed by atoms with E-state index in [1.165, 1.54) is 34.1 Å². The minimum Gasteiger partial charge on any atom is -0.366 e. The normalized spacial score (nSPS) is 22.7. The highest BCUT2D eigenvalue weighted by Gasteiger charge is 2.35. The van der Waals surface area contributed by atoms with Gasteiger partial charge in [0.25, 0.3) is 5.91 Å². The van der Waals surface area contributed by atoms with Gasteiger partial charge in [-0.2, -0.15) is 0 Å². The number of amides is 1. The number of aliphatic imine (C=N–C) groups is 1. The number of fused-ring (bicyclic) bond motifs is 1. The second-order valence-electron chi connectivity index (χ2n) is 9.23. The molecular weight excluding hydrogens is 402 g/mol. The van der Waals surface area contributed by atoms with Crippen LogP contribution in [0.25, 0.3) is 6.08 Å². The number of benzene rings is 2. The molecule has 2 heterocycles. The summed E-state index contributed by atoms with van der Waals surface area (Å²) in [5.74, 6) is 0.396. The molecule has 2 aromatic carbocycles. The molecule has 0 spiro atoms. The largest absolute Gasteiger partial charge is 0.366 e. The molecule has 1 amide bonds. The first-order chi connectivity index (χ1) is 14.7. The second kappa shape index (κ2) is 8.19. The lowest BCUT2D eigenvalue weighted by atomic mass is 9.79. The lowest BCUT2D eigenvalue weighted by Crippen LogP contribution is -2.48. The zero-order valence-corrected chi connectivity index (χ0v) is 20.1. The van der Waals surface area contributed by atoms with Gasteiger partial charge in [-0.1, -0.05) is 19.1 Å². The summed E-state index contributed by atoms with van der Waals surface area (Å²) in [6, 6.07) is 12.7. The first-order valence-corrected chi connectivity index (χ1v) is 11.8. The van der Waals surface area contributed by atoms with Gasteiger partial charge in [0.1, 0.15) is 0 Å². The van der Waals surface area contributed by atoms with Crippen molar-refractivity contribution in [2.45, 2.75) is 59.4 Å². The van der Waals surface area contributed by atoms with E-state index in [0.717, 1.165) is 24.2 Å². The number of nitrogens with zero attached hydrogens (tertiary/aromatic N) is 2. The Bertz CT molecular complexity index is 1100. The van der Waals surface area contributed by atoms with Crippen LogP contribution in [0.5, 0.6) is 0 Å². The molecule has 1 saturated heterocycles. The Morgan fingerprint density at radius 1 is 1.19 bits per heavy atom. The fraction of sp³-hybridized carbons (Fsp3) is 0.385. The summed E-state index contributed by atoms with van der Waals surface area (Å²) in [5, 5.41) is 3.53. The highest BCUT2D eigenvalue weighted by atomic mass is 32.2. The third-order valence-electron chi connectivity index (χ3n) is 6.40. The van der Waals surface area contributed by atoms with E-state index in [2.05, 4.69) is 81.0 Å². The molecule has 1 atom stereocenters. The third kappa shape index (κ3) is 4.29. The van der Waals surface area contributed by atoms with Gasteiger partial charge < -0.3 is 10.2 Å². The van der Waals surface area contributed by atoms with Gasteiger partial charge in [-0.15, -0.1) is 0 Å². The maximum Gasteiger partial charge on any atom is 0.264 e. The van der Waals surface area contributed by atoms with Crippen LogP contribution in [-0.4, -0.2) is 23.2 Å². The molecular formula is C26H31N3OS. The van der Waals surface area contributed by atoms with Gasteiger partial charge in [0.05, 0.1) is 10.6 Å². The molecule has 0 aromatic heterocycles. The Balaban J connectivity index is 1.61. The van der Waals surface area contributed by atoms with Crippen LogP contribution in [0.15, 0.2) is 46.3 Å². The van der Waals surface area contributed by atoms with Crippen molar-refractivity contribution in [2.24, 2.45) is 4.99 Å². The Hall–Kier alpha value is -2.53. The van der Waals surface area contributed by atoms with Gasteiger partial charge in [0.15, 0.2) is 5.17 Å². The summed E-state index contributed by atoms with van der Waals surface area (Å²) in [7, 11) is 0. The predicted molar refractivity (Wildman–Crippen MR) is 133 cm³/mol. The fourth-order valence-corrected chi connectivity index (χ4v) is 5.58. The quantitative estimate of drug-likeness (QED) is 0.577. The maximum absolute atomic E-state index is 12.5. The number of carbonyl (C=O) groups is 1. The van der Waals surface area contributed by atoms with E-state index >= 15 is 0 Å². The number of aryl methyl sites for hydroxylation is 2. The molecule has 2 aliphatic rings. The van der Waals surface area contributed by atoms with Gasteiger partial charge in [0, 0.05) is 17.8 Å². The van der Waals surface area contributed by atoms with E-state index in [1.807, 2.05) is 18.2 Å². The average molecular weight is 434 g/mol. The molecule has 0 aliphatic carbocycles. The molecule has 4 nitrogen and oxygen atoms in total. The van der Waals surface area contributed by atoms with Crippen molar-refractivity contribution < 1.29 is 4.79 Å². The summed E-state index contributed by atoms with van der Waals surface area (Å²) >= 11 is 1.40. The number of thioether (sulfide) groups is 1. The van der Waals surface area contributed by atoms with Crippen LogP contribution in [0.4, 0.5) is 11.4 Å². The molecule has 0 bridgehead atoms. The molecule has 0 unspecified atom stereocenters. The van der Waals surface area contributed by atoms with Crippen molar-refractivity contribution in [1.29, 1.82) is 0 Å². The molecule has 4 rings (SSSR count). The van der Waals surface area contributed by atoms with Crippen molar-refractivity contribution in [2.75, 3.05) is 11.4 Å². The Kier molecular flexibility index (Phi) is 5.73. The van der Waals surface area contributed by atoms with E-state index in [9.17, 15) is 4.79 Å². The zero-order valence-electron chi connectivity index (χ0n) is 19.2. The number of hydrogen-bond acceptors (Lipinski definition) is 4. The topological polar surface area (TPSA) is 44.7 Å². The zero-order chi connectivity index (χ0) is 22.3. The molecule has 0 saturated carbocycles. The molecule has 1 N–H and O–H groups in total. The molecule has 31 heavy (non-hydrogen) atoms. The summed E-state index contributed by atoms with van der Waals surface area (Å²) in [4.78, 5) is 20.3. The maximum atomic E-state index is 12.5. The molecule has 162 valence electrons. The van der Waals surface area contributed by atoms with Crippen LogP contribution in [0.1, 0.15) is 62.3 Å². The third-order valence-corrected chi connectivity index (χ3v) is 7.31. The smallest absolute Gasteiger partial charge is 0.264 e. The van der Waals surface area contributed by atoms with E-state index in [1.54, 1.807) is 0 Å². The number of hydrogen-bond donors (Lipinski definition) is 1. The van der Waals surface area contributed by atoms with Gasteiger partial charge in [-0.25, -0.2) is 4.99 Å². The Morgan fingerprint density at radius 3 is 2.68 bits per heavy atom. The van der Waals surface area contributed by atoms with Crippen LogP contribution < -0.4 is 10.2 Å². The minimum atomic E-state index is -0.0883. The fourth-order valence-electron chi connectivity index (χ4n) is 4.74. The van der Waals surface area contributed by atoms with Gasteiger partial charge in [-0.3, -0.25) is 4.79 Å². The molecule has 5 heteroatoms. The average Bonchev–Trinajstić information content (AvgIpc) is 3.03. The predicted octanol–water partition coefficient (Wildman–Crippen LogP) is 6.31. The summed E-state index contributed by atoms with van der Waals surface area (Å²) < 4.78 is 0. The highest BCUT2D eigenvalue weighted by molar-refractivity contribution is 8.18. The lowest BCUT2D eigenvalue weighted by molar-refractivity contribution is -0.115. The number of anilines is 1. The SMILES string of the molecule is CCN1c2ccc(/C=C3\SC(=Nc4ccc(C)c(C)c4)NC3=O)cc2[C@H](C)CC1(C)C. The van der Waals surface area contributed by atoms with Crippen molar-refractivity contribution >= 4 is 40.3 Å². The van der Waals surface area contributed by atoms with Crippen molar-refractivity contribution in [3.63, 3.8) is 0 Å². The van der Waals surface area contributed by atoms with Crippen LogP contribution in [0.3, 0.4) is 0 Å². The van der Waals surface area contributed by atoms with Crippen LogP contribution in [-0.2, 0) is 4.79 Å². The van der Waals surface area contributed by atoms with Crippen LogP contribution >= 0.6 is 11.8 Å². The van der Waals surface area contributed by atoms with Crippen LogP contribution in [0.2, 0.25) is 0 Å². The number of carbonyl (C=O) groups excluding carboxylic acids is 1. The first-order valence-electron chi connectivity index (χ1n) is 11.0. The summed E-state index contributed by atoms with van der Waals surface area (Å²) in [6.45, 7) is 14.3. The molecule has 0 radical (unpaired) electrons. The lowest BCUT2D eigenvalue weighted by Gasteiger charge is -2.47. The van der Waals surface area contributed by atoms with Crippen molar-refractivity contribution in [3.05, 3.63) is 63.6 Å². The first kappa shape index (κ1) is 21.7. The Labute approximate surface area is 189 Å². The summed E-state index contributed by atoms with van der Waals surface area (Å²) in [5.41, 5.74) is 7.18. The standard InChI is InChI=1S/C26H31N3OS/c1-7-29-22-11-9-19(13-21(22)18(4)15-26(29,5)6)14-23-24(30)28-25(31-23)27-20-10-8-16(2)17(3)12-20/h8-14,18H,7,15H2,1-6H3,(H,27,28,30)/b23-14-/t18-/m1/s1. The van der Waals surface area contributed by atoms with E-state index < -0.39 is 0 Å². The van der Waals surface area contributed by atoms with Gasteiger partial charge >= 0.3 is 0 Å². The van der Waals surface area contributed by atoms with Crippen molar-refractivity contribution in [3.8, 4) is 0 Å². The van der Waals surface area contributed by atoms with Gasteiger partial charge in [0.2, 0.25) is 0 Å². The van der Waals surface area contributed by atoms with Gasteiger partial charge in [-0.05, 0) is 111 Å². The summed E-state index contributed by atoms with van der Waals surface area (Å²) in [6.07, 6.45) is 3.10. The molecule has 1 fully saturated rings. The van der Waals surface area contributed by atoms with E-state index in [4.69, 9.17) is 0 Å². The monoisotopic (exact) mass is 433 g/mol. The molecule has 2 aliphatic heterocycles. The Morgan fingerprint density at radius 2 is 1.97 bits per heavy atom. The van der Waals surface area contributed by atoms with E-state index in [0.29, 0.717) is 16.0 Å². The minimum absolute atomic E-state index is 0.0883. The number of amidine groups is 1. The molecule has 2 aromatic rings.